The maximum Gasteiger partial charge on any atom is 0.338 e. The van der Waals surface area contributed by atoms with Crippen LogP contribution in [-0.2, 0) is 14.3 Å². The van der Waals surface area contributed by atoms with E-state index in [1.807, 2.05) is 0 Å². The van der Waals surface area contributed by atoms with Crippen LogP contribution in [0.2, 0.25) is 0 Å². The van der Waals surface area contributed by atoms with Gasteiger partial charge in [-0.3, -0.25) is 4.99 Å². The molecular formula is C20H29N3O10. The Morgan fingerprint density at radius 2 is 1.79 bits per heavy atom. The monoisotopic (exact) mass is 471 g/mol. The van der Waals surface area contributed by atoms with E-state index in [2.05, 4.69) is 4.99 Å². The summed E-state index contributed by atoms with van der Waals surface area (Å²) in [5.74, 6) is -1.89. The van der Waals surface area contributed by atoms with Gasteiger partial charge >= 0.3 is 11.9 Å². The van der Waals surface area contributed by atoms with Gasteiger partial charge in [-0.2, -0.15) is 0 Å². The first-order chi connectivity index (χ1) is 15.7. The van der Waals surface area contributed by atoms with Crippen molar-refractivity contribution < 1.29 is 48.6 Å². The van der Waals surface area contributed by atoms with Crippen LogP contribution in [0.5, 0.6) is 17.2 Å². The Morgan fingerprint density at radius 1 is 1.15 bits per heavy atom. The Hall–Kier alpha value is -3.29. The molecule has 2 rings (SSSR count). The number of unbranched alkanes of at least 4 members (excludes halogenated alkanes) is 1. The van der Waals surface area contributed by atoms with E-state index < -0.39 is 36.5 Å². The number of carbonyl (C=O) groups excluding carboxylic acids is 1. The number of esters is 1. The molecule has 13 nitrogen and oxygen atoms in total. The van der Waals surface area contributed by atoms with Crippen molar-refractivity contribution in [3.05, 3.63) is 17.7 Å². The van der Waals surface area contributed by atoms with Crippen molar-refractivity contribution in [2.75, 3.05) is 27.4 Å². The van der Waals surface area contributed by atoms with E-state index in [1.54, 1.807) is 0 Å². The number of nitrogens with two attached hydrogens (primary N) is 2. The highest BCUT2D eigenvalue weighted by Gasteiger charge is 2.42. The predicted octanol–water partition coefficient (Wildman–Crippen LogP) is -0.786. The molecule has 7 N–H and O–H groups in total. The summed E-state index contributed by atoms with van der Waals surface area (Å²) in [6.45, 7) is 0.569. The number of aliphatic imine (C=N–C) groups is 1. The lowest BCUT2D eigenvalue weighted by atomic mass is 10.0. The summed E-state index contributed by atoms with van der Waals surface area (Å²) >= 11 is 0. The van der Waals surface area contributed by atoms with Gasteiger partial charge in [-0.1, -0.05) is 0 Å². The molecule has 1 fully saturated rings. The fourth-order valence-electron chi connectivity index (χ4n) is 3.03. The molecule has 0 aromatic heterocycles. The number of carboxylic acid groups (broad SMARTS) is 1. The first kappa shape index (κ1) is 26.0. The number of guanidine groups is 1. The Bertz CT molecular complexity index is 833. The van der Waals surface area contributed by atoms with Crippen LogP contribution in [0.1, 0.15) is 29.6 Å². The summed E-state index contributed by atoms with van der Waals surface area (Å²) < 4.78 is 26.8. The van der Waals surface area contributed by atoms with Crippen molar-refractivity contribution in [1.82, 2.24) is 0 Å². The molecule has 1 aliphatic rings. The van der Waals surface area contributed by atoms with E-state index in [4.69, 9.17) is 35.2 Å². The molecule has 184 valence electrons. The molecule has 0 radical (unpaired) electrons. The van der Waals surface area contributed by atoms with Gasteiger partial charge in [0.1, 0.15) is 6.10 Å². The van der Waals surface area contributed by atoms with Gasteiger partial charge in [-0.05, 0) is 25.0 Å². The lowest BCUT2D eigenvalue weighted by Crippen LogP contribution is -2.53. The Labute approximate surface area is 189 Å². The number of aliphatic carboxylic acids is 1. The third-order valence-electron chi connectivity index (χ3n) is 4.71. The molecule has 0 aliphatic carbocycles. The minimum Gasteiger partial charge on any atom is -0.493 e. The SMILES string of the molecule is COc1cc(C(=O)OCCCCN=C(N)N)cc(OC)c1O[C@H]1C[C@@H](O)[C@H](O)[C@@H](C(=O)O)O1. The van der Waals surface area contributed by atoms with Gasteiger partial charge in [0.15, 0.2) is 23.6 Å². The number of nitrogens with zero attached hydrogens (tertiary/aromatic N) is 1. The largest absolute Gasteiger partial charge is 0.493 e. The second-order valence-corrected chi connectivity index (χ2v) is 7.10. The zero-order valence-corrected chi connectivity index (χ0v) is 18.3. The average molecular weight is 471 g/mol. The van der Waals surface area contributed by atoms with Crippen LogP contribution in [0.3, 0.4) is 0 Å². The number of hydrogen-bond acceptors (Lipinski definition) is 10. The van der Waals surface area contributed by atoms with Crippen LogP contribution in [0.25, 0.3) is 0 Å². The van der Waals surface area contributed by atoms with Gasteiger partial charge in [0, 0.05) is 13.0 Å². The topological polar surface area (TPSA) is 205 Å². The molecule has 1 aliphatic heterocycles. The van der Waals surface area contributed by atoms with Gasteiger partial charge in [0.25, 0.3) is 0 Å². The van der Waals surface area contributed by atoms with Gasteiger partial charge in [-0.15, -0.1) is 0 Å². The maximum atomic E-state index is 12.4. The highest BCUT2D eigenvalue weighted by atomic mass is 16.7. The number of carbonyl (C=O) groups is 2. The third kappa shape index (κ3) is 7.10. The Kier molecular flexibility index (Phi) is 9.51. The van der Waals surface area contributed by atoms with Crippen molar-refractivity contribution >= 4 is 17.9 Å². The third-order valence-corrected chi connectivity index (χ3v) is 4.71. The maximum absolute atomic E-state index is 12.4. The van der Waals surface area contributed by atoms with Crippen LogP contribution in [-0.4, -0.2) is 85.2 Å². The molecule has 1 saturated heterocycles. The van der Waals surface area contributed by atoms with Gasteiger partial charge in [0.05, 0.1) is 32.5 Å². The van der Waals surface area contributed by atoms with Crippen LogP contribution >= 0.6 is 0 Å². The molecule has 4 atom stereocenters. The van der Waals surface area contributed by atoms with Crippen molar-refractivity contribution in [2.24, 2.45) is 16.5 Å². The van der Waals surface area contributed by atoms with Crippen LogP contribution in [0.4, 0.5) is 0 Å². The smallest absolute Gasteiger partial charge is 0.338 e. The Morgan fingerprint density at radius 3 is 2.33 bits per heavy atom. The predicted molar refractivity (Wildman–Crippen MR) is 113 cm³/mol. The number of benzene rings is 1. The fraction of sp³-hybridized carbons (Fsp3) is 0.550. The van der Waals surface area contributed by atoms with E-state index in [1.165, 1.54) is 26.4 Å². The summed E-state index contributed by atoms with van der Waals surface area (Å²) in [7, 11) is 2.67. The van der Waals surface area contributed by atoms with E-state index in [-0.39, 0.29) is 41.8 Å². The summed E-state index contributed by atoms with van der Waals surface area (Å²) in [6.07, 6.45) is -4.93. The summed E-state index contributed by atoms with van der Waals surface area (Å²) in [4.78, 5) is 27.5. The molecule has 0 bridgehead atoms. The summed E-state index contributed by atoms with van der Waals surface area (Å²) in [5, 5.41) is 28.9. The number of methoxy groups -OCH3 is 2. The number of rotatable bonds is 11. The van der Waals surface area contributed by atoms with Gasteiger partial charge in [-0.25, -0.2) is 9.59 Å². The standard InChI is InChI=1S/C20H29N3O10/c1-29-12-7-10(19(28)31-6-4-3-5-23-20(21)22)8-13(30-2)16(12)32-14-9-11(24)15(25)17(33-14)18(26)27/h7-8,11,14-15,17,24-25H,3-6,9H2,1-2H3,(H,26,27)(H4,21,22,23)/t11-,14-,15+,17+/m1/s1. The number of ether oxygens (including phenoxy) is 5. The summed E-state index contributed by atoms with van der Waals surface area (Å²) in [6, 6.07) is 2.73. The zero-order valence-electron chi connectivity index (χ0n) is 18.3. The fourth-order valence-corrected chi connectivity index (χ4v) is 3.03. The van der Waals surface area contributed by atoms with E-state index >= 15 is 0 Å². The van der Waals surface area contributed by atoms with E-state index in [0.29, 0.717) is 19.4 Å². The average Bonchev–Trinajstić information content (AvgIpc) is 2.77. The lowest BCUT2D eigenvalue weighted by Gasteiger charge is -2.35. The first-order valence-corrected chi connectivity index (χ1v) is 10.1. The van der Waals surface area contributed by atoms with Gasteiger partial charge in [0.2, 0.25) is 12.0 Å². The van der Waals surface area contributed by atoms with Crippen LogP contribution in [0.15, 0.2) is 17.1 Å². The molecule has 0 unspecified atom stereocenters. The van der Waals surface area contributed by atoms with Crippen molar-refractivity contribution in [3.8, 4) is 17.2 Å². The Balaban J connectivity index is 2.10. The molecule has 0 amide bonds. The second kappa shape index (κ2) is 12.1. The number of carboxylic acids is 1. The molecule has 1 heterocycles. The number of aliphatic hydroxyl groups excluding tert-OH is 2. The van der Waals surface area contributed by atoms with Crippen molar-refractivity contribution in [3.63, 3.8) is 0 Å². The van der Waals surface area contributed by atoms with Crippen LogP contribution in [0, 0.1) is 0 Å². The van der Waals surface area contributed by atoms with E-state index in [0.717, 1.165) is 0 Å². The quantitative estimate of drug-likeness (QED) is 0.117. The first-order valence-electron chi connectivity index (χ1n) is 10.1. The molecule has 33 heavy (non-hydrogen) atoms. The number of hydrogen-bond donors (Lipinski definition) is 5. The van der Waals surface area contributed by atoms with Crippen LogP contribution < -0.4 is 25.7 Å². The molecule has 0 saturated carbocycles. The molecule has 13 heteroatoms. The molecule has 1 aromatic carbocycles. The molecule has 0 spiro atoms. The highest BCUT2D eigenvalue weighted by Crippen LogP contribution is 2.40. The minimum atomic E-state index is -1.68. The second-order valence-electron chi connectivity index (χ2n) is 7.10. The normalized spacial score (nSPS) is 22.2. The number of aliphatic hydroxyl groups is 2. The lowest BCUT2D eigenvalue weighted by molar-refractivity contribution is -0.228. The highest BCUT2D eigenvalue weighted by molar-refractivity contribution is 5.91. The van der Waals surface area contributed by atoms with Crippen molar-refractivity contribution in [1.29, 1.82) is 0 Å². The zero-order chi connectivity index (χ0) is 24.5. The van der Waals surface area contributed by atoms with Gasteiger partial charge < -0.3 is 50.5 Å². The summed E-state index contributed by atoms with van der Waals surface area (Å²) in [5.41, 5.74) is 10.6. The molecule has 1 aromatic rings. The molecular weight excluding hydrogens is 442 g/mol. The minimum absolute atomic E-state index is 0.00344. The van der Waals surface area contributed by atoms with Crippen molar-refractivity contribution in [2.45, 2.75) is 43.9 Å². The van der Waals surface area contributed by atoms with E-state index in [9.17, 15) is 24.9 Å².